The number of anilines is 2. The van der Waals surface area contributed by atoms with Crippen LogP contribution in [0, 0.1) is 6.92 Å². The van der Waals surface area contributed by atoms with Gasteiger partial charge in [0.05, 0.1) is 16.7 Å². The molecule has 0 spiro atoms. The number of carbonyl (C=O) groups is 1. The molecule has 1 fully saturated rings. The van der Waals surface area contributed by atoms with Crippen LogP contribution >= 0.6 is 11.6 Å². The van der Waals surface area contributed by atoms with Gasteiger partial charge in [-0.25, -0.2) is 9.97 Å². The van der Waals surface area contributed by atoms with Crippen LogP contribution in [0.15, 0.2) is 67.1 Å². The van der Waals surface area contributed by atoms with Gasteiger partial charge in [-0.15, -0.1) is 0 Å². The number of amides is 1. The van der Waals surface area contributed by atoms with Crippen molar-refractivity contribution >= 4 is 46.0 Å². The SMILES string of the molecule is Cc1ccc(Oc2ccc(Nc3ncnc4ccc(C=CCNC(=O)C5CCCO5)cc34)cc2Cl)cn1. The van der Waals surface area contributed by atoms with Crippen molar-refractivity contribution in [2.45, 2.75) is 25.9 Å². The second-order valence-corrected chi connectivity index (χ2v) is 9.06. The third kappa shape index (κ3) is 6.22. The van der Waals surface area contributed by atoms with E-state index in [0.29, 0.717) is 35.5 Å². The largest absolute Gasteiger partial charge is 0.454 e. The predicted molar refractivity (Wildman–Crippen MR) is 144 cm³/mol. The Hall–Kier alpha value is -4.01. The number of hydrogen-bond donors (Lipinski definition) is 2. The van der Waals surface area contributed by atoms with Crippen LogP contribution in [-0.4, -0.2) is 40.1 Å². The van der Waals surface area contributed by atoms with Crippen LogP contribution in [0.25, 0.3) is 17.0 Å². The normalized spacial score (nSPS) is 15.2. The van der Waals surface area contributed by atoms with Crippen LogP contribution in [0.2, 0.25) is 5.02 Å². The van der Waals surface area contributed by atoms with Gasteiger partial charge >= 0.3 is 0 Å². The summed E-state index contributed by atoms with van der Waals surface area (Å²) >= 11 is 6.49. The minimum Gasteiger partial charge on any atom is -0.454 e. The fourth-order valence-electron chi connectivity index (χ4n) is 3.97. The Kier molecular flexibility index (Phi) is 7.58. The van der Waals surface area contributed by atoms with Gasteiger partial charge in [0.25, 0.3) is 0 Å². The molecule has 0 saturated carbocycles. The zero-order valence-electron chi connectivity index (χ0n) is 20.3. The van der Waals surface area contributed by atoms with E-state index in [1.807, 2.05) is 55.5 Å². The van der Waals surface area contributed by atoms with Crippen molar-refractivity contribution in [2.75, 3.05) is 18.5 Å². The van der Waals surface area contributed by atoms with Crippen molar-refractivity contribution in [3.05, 3.63) is 83.4 Å². The standard InChI is InChI=1S/C28H26ClN5O3/c1-18-6-9-21(16-31-18)37-25-11-8-20(15-23(25)29)34-27-22-14-19(7-10-24(22)32-17-33-27)4-2-12-30-28(35)26-5-3-13-36-26/h2,4,6-11,14-17,26H,3,5,12-13H2,1H3,(H,30,35)(H,32,33,34). The Morgan fingerprint density at radius 2 is 2.08 bits per heavy atom. The van der Waals surface area contributed by atoms with E-state index in [1.165, 1.54) is 6.33 Å². The molecule has 5 rings (SSSR count). The highest BCUT2D eigenvalue weighted by atomic mass is 35.5. The van der Waals surface area contributed by atoms with Crippen molar-refractivity contribution in [1.29, 1.82) is 0 Å². The molecule has 4 aromatic rings. The summed E-state index contributed by atoms with van der Waals surface area (Å²) in [4.78, 5) is 25.1. The van der Waals surface area contributed by atoms with E-state index in [2.05, 4.69) is 25.6 Å². The van der Waals surface area contributed by atoms with Gasteiger partial charge in [0, 0.05) is 29.9 Å². The summed E-state index contributed by atoms with van der Waals surface area (Å²) < 4.78 is 11.3. The number of benzene rings is 2. The number of halogens is 1. The maximum Gasteiger partial charge on any atom is 0.249 e. The molecule has 188 valence electrons. The van der Waals surface area contributed by atoms with Crippen molar-refractivity contribution in [3.8, 4) is 11.5 Å². The van der Waals surface area contributed by atoms with Crippen LogP contribution in [0.4, 0.5) is 11.5 Å². The highest BCUT2D eigenvalue weighted by Crippen LogP contribution is 2.33. The van der Waals surface area contributed by atoms with Crippen LogP contribution in [-0.2, 0) is 9.53 Å². The lowest BCUT2D eigenvalue weighted by molar-refractivity contribution is -0.129. The minimum absolute atomic E-state index is 0.0637. The van der Waals surface area contributed by atoms with Gasteiger partial charge < -0.3 is 20.1 Å². The fourth-order valence-corrected chi connectivity index (χ4v) is 4.19. The average molecular weight is 516 g/mol. The van der Waals surface area contributed by atoms with Gasteiger partial charge in [0.15, 0.2) is 0 Å². The molecular weight excluding hydrogens is 490 g/mol. The third-order valence-corrected chi connectivity index (χ3v) is 6.19. The molecule has 0 radical (unpaired) electrons. The molecule has 1 unspecified atom stereocenters. The molecule has 9 heteroatoms. The molecule has 37 heavy (non-hydrogen) atoms. The highest BCUT2D eigenvalue weighted by molar-refractivity contribution is 6.32. The summed E-state index contributed by atoms with van der Waals surface area (Å²) in [6.45, 7) is 3.00. The molecule has 3 heterocycles. The second kappa shape index (κ2) is 11.4. The number of nitrogens with zero attached hydrogens (tertiary/aromatic N) is 3. The number of pyridine rings is 1. The van der Waals surface area contributed by atoms with E-state index in [9.17, 15) is 4.79 Å². The van der Waals surface area contributed by atoms with E-state index in [1.54, 1.807) is 18.3 Å². The zero-order valence-corrected chi connectivity index (χ0v) is 21.0. The molecule has 1 aliphatic heterocycles. The predicted octanol–water partition coefficient (Wildman–Crippen LogP) is 5.83. The summed E-state index contributed by atoms with van der Waals surface area (Å²) in [5, 5.41) is 7.53. The minimum atomic E-state index is -0.325. The molecule has 2 aromatic heterocycles. The number of nitrogens with one attached hydrogen (secondary N) is 2. The molecule has 8 nitrogen and oxygen atoms in total. The van der Waals surface area contributed by atoms with Gasteiger partial charge in [-0.3, -0.25) is 9.78 Å². The first kappa shape index (κ1) is 24.7. The lowest BCUT2D eigenvalue weighted by Gasteiger charge is -2.12. The summed E-state index contributed by atoms with van der Waals surface area (Å²) in [5.74, 6) is 1.73. The van der Waals surface area contributed by atoms with Gasteiger partial charge in [0.2, 0.25) is 5.91 Å². The molecule has 0 aliphatic carbocycles. The van der Waals surface area contributed by atoms with E-state index in [0.717, 1.165) is 40.7 Å². The van der Waals surface area contributed by atoms with Crippen molar-refractivity contribution in [2.24, 2.45) is 0 Å². The fraction of sp³-hybridized carbons (Fsp3) is 0.214. The van der Waals surface area contributed by atoms with Crippen molar-refractivity contribution in [3.63, 3.8) is 0 Å². The zero-order chi connectivity index (χ0) is 25.6. The van der Waals surface area contributed by atoms with Crippen molar-refractivity contribution in [1.82, 2.24) is 20.3 Å². The first-order valence-electron chi connectivity index (χ1n) is 12.0. The highest BCUT2D eigenvalue weighted by Gasteiger charge is 2.22. The monoisotopic (exact) mass is 515 g/mol. The van der Waals surface area contributed by atoms with E-state index in [-0.39, 0.29) is 12.0 Å². The van der Waals surface area contributed by atoms with Crippen LogP contribution in [0.3, 0.4) is 0 Å². The number of rotatable bonds is 8. The van der Waals surface area contributed by atoms with Gasteiger partial charge in [-0.1, -0.05) is 29.8 Å². The Balaban J connectivity index is 1.27. The number of carbonyl (C=O) groups excluding carboxylic acids is 1. The molecular formula is C28H26ClN5O3. The average Bonchev–Trinajstić information content (AvgIpc) is 3.45. The molecule has 2 aromatic carbocycles. The quantitative estimate of drug-likeness (QED) is 0.304. The molecule has 0 bridgehead atoms. The topological polar surface area (TPSA) is 98.3 Å². The Labute approximate surface area is 219 Å². The summed E-state index contributed by atoms with van der Waals surface area (Å²) in [7, 11) is 0. The lowest BCUT2D eigenvalue weighted by atomic mass is 10.1. The van der Waals surface area contributed by atoms with E-state index < -0.39 is 0 Å². The van der Waals surface area contributed by atoms with Gasteiger partial charge in [-0.2, -0.15) is 0 Å². The third-order valence-electron chi connectivity index (χ3n) is 5.89. The van der Waals surface area contributed by atoms with Crippen molar-refractivity contribution < 1.29 is 14.3 Å². The number of ether oxygens (including phenoxy) is 2. The first-order valence-corrected chi connectivity index (χ1v) is 12.4. The van der Waals surface area contributed by atoms with Gasteiger partial charge in [-0.05, 0) is 67.8 Å². The smallest absolute Gasteiger partial charge is 0.249 e. The van der Waals surface area contributed by atoms with Crippen LogP contribution < -0.4 is 15.4 Å². The maximum absolute atomic E-state index is 12.1. The Morgan fingerprint density at radius 3 is 2.86 bits per heavy atom. The summed E-state index contributed by atoms with van der Waals surface area (Å²) in [5.41, 5.74) is 3.44. The van der Waals surface area contributed by atoms with Gasteiger partial charge in [0.1, 0.15) is 29.7 Å². The number of aryl methyl sites for hydroxylation is 1. The number of fused-ring (bicyclic) bond motifs is 1. The Bertz CT molecular complexity index is 1440. The molecule has 1 aliphatic rings. The molecule has 1 atom stereocenters. The van der Waals surface area contributed by atoms with E-state index in [4.69, 9.17) is 21.1 Å². The molecule has 1 amide bonds. The van der Waals surface area contributed by atoms with Crippen LogP contribution in [0.1, 0.15) is 24.1 Å². The first-order chi connectivity index (χ1) is 18.0. The molecule has 2 N–H and O–H groups in total. The number of hydrogen-bond acceptors (Lipinski definition) is 7. The molecule has 1 saturated heterocycles. The lowest BCUT2D eigenvalue weighted by Crippen LogP contribution is -2.34. The van der Waals surface area contributed by atoms with E-state index >= 15 is 0 Å². The maximum atomic E-state index is 12.1. The second-order valence-electron chi connectivity index (χ2n) is 8.66. The Morgan fingerprint density at radius 1 is 1.16 bits per heavy atom. The number of aromatic nitrogens is 3. The summed E-state index contributed by atoms with van der Waals surface area (Å²) in [6, 6.07) is 15.1. The van der Waals surface area contributed by atoms with Crippen LogP contribution in [0.5, 0.6) is 11.5 Å². The summed E-state index contributed by atoms with van der Waals surface area (Å²) in [6.07, 6.45) is 8.43.